The van der Waals surface area contributed by atoms with Crippen molar-refractivity contribution in [3.63, 3.8) is 0 Å². The topological polar surface area (TPSA) is 62.3 Å². The van der Waals surface area contributed by atoms with Gasteiger partial charge in [0, 0.05) is 31.1 Å². The van der Waals surface area contributed by atoms with Crippen molar-refractivity contribution in [2.75, 3.05) is 20.6 Å². The number of carbonyl (C=O) groups is 2. The van der Waals surface area contributed by atoms with E-state index in [4.69, 9.17) is 0 Å². The lowest BCUT2D eigenvalue weighted by atomic mass is 10.1. The molecule has 2 amide bonds. The molecule has 2 aromatic rings. The molecule has 0 radical (unpaired) electrons. The second-order valence-electron chi connectivity index (χ2n) is 5.86. The summed E-state index contributed by atoms with van der Waals surface area (Å²) in [4.78, 5) is 30.2. The molecule has 1 heterocycles. The van der Waals surface area contributed by atoms with E-state index in [-0.39, 0.29) is 18.4 Å². The third-order valence-corrected chi connectivity index (χ3v) is 3.88. The van der Waals surface area contributed by atoms with Crippen LogP contribution >= 0.6 is 0 Å². The van der Waals surface area contributed by atoms with Crippen LogP contribution in [0, 0.1) is 0 Å². The van der Waals surface area contributed by atoms with E-state index >= 15 is 0 Å². The summed E-state index contributed by atoms with van der Waals surface area (Å²) in [7, 11) is 3.34. The fourth-order valence-corrected chi connectivity index (χ4v) is 2.38. The highest BCUT2D eigenvalue weighted by Crippen LogP contribution is 2.40. The normalized spacial score (nSPS) is 13.9. The lowest BCUT2D eigenvalue weighted by molar-refractivity contribution is -0.127. The largest absolute Gasteiger partial charge is 0.347 e. The number of nitrogens with one attached hydrogen (secondary N) is 1. The second-order valence-corrected chi connectivity index (χ2v) is 5.86. The van der Waals surface area contributed by atoms with Gasteiger partial charge < -0.3 is 10.2 Å². The average Bonchev–Trinajstić information content (AvgIpc) is 3.35. The molecule has 0 saturated heterocycles. The molecule has 22 heavy (non-hydrogen) atoms. The van der Waals surface area contributed by atoms with Gasteiger partial charge in [-0.05, 0) is 25.0 Å². The van der Waals surface area contributed by atoms with E-state index in [1.165, 1.54) is 4.90 Å². The van der Waals surface area contributed by atoms with Crippen LogP contribution in [-0.4, -0.2) is 42.3 Å². The van der Waals surface area contributed by atoms with Crippen molar-refractivity contribution in [2.45, 2.75) is 18.8 Å². The first-order valence-corrected chi connectivity index (χ1v) is 7.44. The molecule has 1 fully saturated rings. The van der Waals surface area contributed by atoms with Gasteiger partial charge in [0.05, 0.1) is 17.6 Å². The Morgan fingerprint density at radius 2 is 2.00 bits per heavy atom. The van der Waals surface area contributed by atoms with Gasteiger partial charge in [-0.1, -0.05) is 18.2 Å². The SMILES string of the molecule is CN(C)C(=O)CNC(=O)c1cc(C2CC2)nc2ccccc12. The van der Waals surface area contributed by atoms with Gasteiger partial charge in [0.15, 0.2) is 0 Å². The summed E-state index contributed by atoms with van der Waals surface area (Å²) in [5.74, 6) is 0.115. The molecule has 1 saturated carbocycles. The van der Waals surface area contributed by atoms with Crippen molar-refractivity contribution in [3.05, 3.63) is 41.6 Å². The van der Waals surface area contributed by atoms with Crippen LogP contribution in [0.3, 0.4) is 0 Å². The van der Waals surface area contributed by atoms with E-state index in [0.29, 0.717) is 11.5 Å². The van der Waals surface area contributed by atoms with Gasteiger partial charge in [0.1, 0.15) is 0 Å². The van der Waals surface area contributed by atoms with E-state index in [1.807, 2.05) is 30.3 Å². The predicted molar refractivity (Wildman–Crippen MR) is 84.7 cm³/mol. The van der Waals surface area contributed by atoms with Gasteiger partial charge in [-0.15, -0.1) is 0 Å². The maximum atomic E-state index is 12.5. The molecule has 5 nitrogen and oxygen atoms in total. The summed E-state index contributed by atoms with van der Waals surface area (Å²) in [5.41, 5.74) is 2.40. The molecule has 114 valence electrons. The van der Waals surface area contributed by atoms with Gasteiger partial charge in [0.2, 0.25) is 5.91 Å². The van der Waals surface area contributed by atoms with E-state index in [1.54, 1.807) is 14.1 Å². The number of para-hydroxylation sites is 1. The number of likely N-dealkylation sites (N-methyl/N-ethyl adjacent to an activating group) is 1. The average molecular weight is 297 g/mol. The minimum Gasteiger partial charge on any atom is -0.347 e. The number of hydrogen-bond acceptors (Lipinski definition) is 3. The molecule has 1 aromatic heterocycles. The minimum absolute atomic E-state index is 0.00124. The van der Waals surface area contributed by atoms with E-state index < -0.39 is 0 Å². The zero-order valence-electron chi connectivity index (χ0n) is 12.8. The van der Waals surface area contributed by atoms with Crippen molar-refractivity contribution in [3.8, 4) is 0 Å². The quantitative estimate of drug-likeness (QED) is 0.938. The Bertz CT molecular complexity index is 736. The van der Waals surface area contributed by atoms with Crippen LogP contribution in [0.4, 0.5) is 0 Å². The summed E-state index contributed by atoms with van der Waals surface area (Å²) in [6.07, 6.45) is 2.26. The number of aromatic nitrogens is 1. The first-order chi connectivity index (χ1) is 10.6. The van der Waals surface area contributed by atoms with Gasteiger partial charge >= 0.3 is 0 Å². The number of carbonyl (C=O) groups excluding carboxylic acids is 2. The van der Waals surface area contributed by atoms with Crippen LogP contribution in [0.5, 0.6) is 0 Å². The number of benzene rings is 1. The second kappa shape index (κ2) is 5.75. The van der Waals surface area contributed by atoms with Crippen LogP contribution in [0.1, 0.15) is 34.8 Å². The highest BCUT2D eigenvalue weighted by molar-refractivity contribution is 6.07. The standard InChI is InChI=1S/C17H19N3O2/c1-20(2)16(21)10-18-17(22)13-9-15(11-7-8-11)19-14-6-4-3-5-12(13)14/h3-6,9,11H,7-8,10H2,1-2H3,(H,18,22). The summed E-state index contributed by atoms with van der Waals surface area (Å²) in [6, 6.07) is 9.49. The molecule has 0 aliphatic heterocycles. The molecule has 0 unspecified atom stereocenters. The highest BCUT2D eigenvalue weighted by atomic mass is 16.2. The molecule has 1 N–H and O–H groups in total. The number of fused-ring (bicyclic) bond motifs is 1. The number of rotatable bonds is 4. The summed E-state index contributed by atoms with van der Waals surface area (Å²) in [5, 5.41) is 3.52. The maximum Gasteiger partial charge on any atom is 0.252 e. The molecule has 1 aliphatic carbocycles. The number of amides is 2. The van der Waals surface area contributed by atoms with Gasteiger partial charge in [-0.2, -0.15) is 0 Å². The smallest absolute Gasteiger partial charge is 0.252 e. The minimum atomic E-state index is -0.226. The third-order valence-electron chi connectivity index (χ3n) is 3.88. The predicted octanol–water partition coefficient (Wildman–Crippen LogP) is 1.93. The van der Waals surface area contributed by atoms with Crippen molar-refractivity contribution in [2.24, 2.45) is 0 Å². The Morgan fingerprint density at radius 1 is 1.27 bits per heavy atom. The molecule has 1 aliphatic rings. The Kier molecular flexibility index (Phi) is 3.79. The van der Waals surface area contributed by atoms with E-state index in [2.05, 4.69) is 10.3 Å². The Labute approximate surface area is 129 Å². The van der Waals surface area contributed by atoms with E-state index in [9.17, 15) is 9.59 Å². The van der Waals surface area contributed by atoms with Crippen molar-refractivity contribution in [1.82, 2.24) is 15.2 Å². The lowest BCUT2D eigenvalue weighted by Crippen LogP contribution is -2.36. The summed E-state index contributed by atoms with van der Waals surface area (Å²) in [6.45, 7) is 0.00124. The summed E-state index contributed by atoms with van der Waals surface area (Å²) >= 11 is 0. The van der Waals surface area contributed by atoms with Crippen molar-refractivity contribution >= 4 is 22.7 Å². The van der Waals surface area contributed by atoms with E-state index in [0.717, 1.165) is 29.4 Å². The molecular formula is C17H19N3O2. The fraction of sp³-hybridized carbons (Fsp3) is 0.353. The monoisotopic (exact) mass is 297 g/mol. The Balaban J connectivity index is 1.91. The molecule has 1 aromatic carbocycles. The Morgan fingerprint density at radius 3 is 2.68 bits per heavy atom. The van der Waals surface area contributed by atoms with Crippen LogP contribution in [-0.2, 0) is 4.79 Å². The first kappa shape index (κ1) is 14.5. The van der Waals surface area contributed by atoms with Gasteiger partial charge in [-0.3, -0.25) is 14.6 Å². The van der Waals surface area contributed by atoms with Gasteiger partial charge in [0.25, 0.3) is 5.91 Å². The van der Waals surface area contributed by atoms with Crippen LogP contribution < -0.4 is 5.32 Å². The third kappa shape index (κ3) is 2.93. The number of nitrogens with zero attached hydrogens (tertiary/aromatic N) is 2. The van der Waals surface area contributed by atoms with Gasteiger partial charge in [-0.25, -0.2) is 0 Å². The number of pyridine rings is 1. The zero-order chi connectivity index (χ0) is 15.7. The molecule has 5 heteroatoms. The van der Waals surface area contributed by atoms with Crippen molar-refractivity contribution in [1.29, 1.82) is 0 Å². The van der Waals surface area contributed by atoms with Crippen molar-refractivity contribution < 1.29 is 9.59 Å². The fourth-order valence-electron chi connectivity index (χ4n) is 2.38. The van der Waals surface area contributed by atoms with Crippen LogP contribution in [0.25, 0.3) is 10.9 Å². The maximum absolute atomic E-state index is 12.5. The molecule has 0 bridgehead atoms. The van der Waals surface area contributed by atoms with Crippen LogP contribution in [0.2, 0.25) is 0 Å². The molecular weight excluding hydrogens is 278 g/mol. The summed E-state index contributed by atoms with van der Waals surface area (Å²) < 4.78 is 0. The molecule has 3 rings (SSSR count). The number of hydrogen-bond donors (Lipinski definition) is 1. The first-order valence-electron chi connectivity index (χ1n) is 7.44. The Hall–Kier alpha value is -2.43. The lowest BCUT2D eigenvalue weighted by Gasteiger charge is -2.12. The molecule has 0 atom stereocenters. The highest BCUT2D eigenvalue weighted by Gasteiger charge is 2.27. The van der Waals surface area contributed by atoms with Crippen LogP contribution in [0.15, 0.2) is 30.3 Å². The molecule has 0 spiro atoms. The zero-order valence-corrected chi connectivity index (χ0v) is 12.8.